The molecule has 1 amide bonds. The minimum absolute atomic E-state index is 0.0918. The smallest absolute Gasteiger partial charge is 0.242 e. The number of anilines is 2. The molecule has 7 heteroatoms. The largest absolute Gasteiger partial charge is 0.389 e. The van der Waals surface area contributed by atoms with E-state index in [1.54, 1.807) is 20.2 Å². The Morgan fingerprint density at radius 2 is 2.50 bits per heavy atom. The van der Waals surface area contributed by atoms with Crippen LogP contribution in [0.2, 0.25) is 0 Å². The number of nitrogens with two attached hydrogens (primary N) is 1. The molecule has 0 fully saturated rings. The first-order valence-corrected chi connectivity index (χ1v) is 5.69. The lowest BCUT2D eigenvalue weighted by molar-refractivity contribution is -0.121. The maximum atomic E-state index is 11.5. The number of nitrogen functional groups attached to an aromatic ring is 1. The number of thiazole rings is 1. The minimum Gasteiger partial charge on any atom is -0.389 e. The average molecular weight is 244 g/mol. The monoisotopic (exact) mass is 244 g/mol. The highest BCUT2D eigenvalue weighted by molar-refractivity contribution is 7.19. The van der Waals surface area contributed by atoms with Crippen LogP contribution in [0, 0.1) is 0 Å². The van der Waals surface area contributed by atoms with E-state index in [4.69, 9.17) is 10.5 Å². The summed E-state index contributed by atoms with van der Waals surface area (Å²) in [7, 11) is 1.59. The highest BCUT2D eigenvalue weighted by Crippen LogP contribution is 2.19. The molecule has 0 saturated heterocycles. The normalized spacial score (nSPS) is 12.1. The van der Waals surface area contributed by atoms with Gasteiger partial charge in [-0.25, -0.2) is 4.98 Å². The fourth-order valence-electron chi connectivity index (χ4n) is 1.03. The average Bonchev–Trinajstić information content (AvgIpc) is 2.64. The molecule has 0 aliphatic carbocycles. The molecule has 0 aromatic carbocycles. The Bertz CT molecular complexity index is 342. The molecule has 1 rings (SSSR count). The summed E-state index contributed by atoms with van der Waals surface area (Å²) in [5.74, 6) is -0.0918. The minimum atomic E-state index is -0.345. The van der Waals surface area contributed by atoms with Gasteiger partial charge in [-0.3, -0.25) is 4.79 Å². The summed E-state index contributed by atoms with van der Waals surface area (Å²) in [6, 6.07) is -0.345. The number of hydrogen-bond acceptors (Lipinski definition) is 6. The van der Waals surface area contributed by atoms with Crippen molar-refractivity contribution in [2.75, 3.05) is 31.3 Å². The molecule has 1 heterocycles. The number of hydrogen-bond donors (Lipinski definition) is 3. The van der Waals surface area contributed by atoms with E-state index in [2.05, 4.69) is 15.6 Å². The van der Waals surface area contributed by atoms with Crippen LogP contribution in [0.1, 0.15) is 6.92 Å². The van der Waals surface area contributed by atoms with E-state index < -0.39 is 0 Å². The van der Waals surface area contributed by atoms with Crippen LogP contribution in [0.15, 0.2) is 6.20 Å². The van der Waals surface area contributed by atoms with E-state index in [0.717, 1.165) is 0 Å². The lowest BCUT2D eigenvalue weighted by atomic mass is 10.3. The van der Waals surface area contributed by atoms with Gasteiger partial charge >= 0.3 is 0 Å². The molecule has 0 spiro atoms. The summed E-state index contributed by atoms with van der Waals surface area (Å²) in [4.78, 5) is 15.6. The quantitative estimate of drug-likeness (QED) is 0.626. The van der Waals surface area contributed by atoms with Crippen molar-refractivity contribution in [3.63, 3.8) is 0 Å². The maximum absolute atomic E-state index is 11.5. The van der Waals surface area contributed by atoms with Gasteiger partial charge in [-0.15, -0.1) is 0 Å². The lowest BCUT2D eigenvalue weighted by Gasteiger charge is -2.12. The van der Waals surface area contributed by atoms with Crippen molar-refractivity contribution in [3.8, 4) is 0 Å². The first kappa shape index (κ1) is 12.7. The first-order valence-electron chi connectivity index (χ1n) is 4.88. The molecular weight excluding hydrogens is 228 g/mol. The number of carbonyl (C=O) groups excluding carboxylic acids is 1. The third-order valence-electron chi connectivity index (χ3n) is 1.86. The Kier molecular flexibility index (Phi) is 5.00. The van der Waals surface area contributed by atoms with Crippen molar-refractivity contribution in [2.45, 2.75) is 13.0 Å². The number of carbonyl (C=O) groups is 1. The zero-order valence-electron chi connectivity index (χ0n) is 9.32. The van der Waals surface area contributed by atoms with Crippen molar-refractivity contribution in [3.05, 3.63) is 6.20 Å². The molecule has 4 N–H and O–H groups in total. The third-order valence-corrected chi connectivity index (χ3v) is 2.62. The topological polar surface area (TPSA) is 89.3 Å². The van der Waals surface area contributed by atoms with Gasteiger partial charge in [0.15, 0.2) is 5.13 Å². The van der Waals surface area contributed by atoms with Gasteiger partial charge in [0.2, 0.25) is 5.91 Å². The zero-order valence-corrected chi connectivity index (χ0v) is 10.1. The summed E-state index contributed by atoms with van der Waals surface area (Å²) in [5.41, 5.74) is 5.53. The van der Waals surface area contributed by atoms with Crippen LogP contribution < -0.4 is 16.4 Å². The van der Waals surface area contributed by atoms with Gasteiger partial charge < -0.3 is 21.1 Å². The molecule has 0 aliphatic rings. The van der Waals surface area contributed by atoms with Crippen LogP contribution in [0.4, 0.5) is 10.1 Å². The summed E-state index contributed by atoms with van der Waals surface area (Å²) < 4.78 is 4.83. The second-order valence-electron chi connectivity index (χ2n) is 3.22. The third kappa shape index (κ3) is 4.03. The lowest BCUT2D eigenvalue weighted by Crippen LogP contribution is -2.38. The Morgan fingerprint density at radius 1 is 1.75 bits per heavy atom. The second kappa shape index (κ2) is 6.29. The highest BCUT2D eigenvalue weighted by Gasteiger charge is 2.13. The molecule has 16 heavy (non-hydrogen) atoms. The number of nitrogens with one attached hydrogen (secondary N) is 2. The van der Waals surface area contributed by atoms with Crippen molar-refractivity contribution in [1.29, 1.82) is 0 Å². The zero-order chi connectivity index (χ0) is 12.0. The van der Waals surface area contributed by atoms with Gasteiger partial charge in [-0.1, -0.05) is 11.3 Å². The summed E-state index contributed by atoms with van der Waals surface area (Å²) in [6.07, 6.45) is 1.56. The van der Waals surface area contributed by atoms with Crippen molar-refractivity contribution < 1.29 is 9.53 Å². The van der Waals surface area contributed by atoms with Gasteiger partial charge in [-0.05, 0) is 6.92 Å². The Labute approximate surface area is 98.2 Å². The predicted molar refractivity (Wildman–Crippen MR) is 64.5 cm³/mol. The molecule has 0 aliphatic heterocycles. The number of methoxy groups -OCH3 is 1. The molecule has 0 saturated carbocycles. The van der Waals surface area contributed by atoms with E-state index in [1.165, 1.54) is 11.3 Å². The van der Waals surface area contributed by atoms with Crippen LogP contribution in [-0.4, -0.2) is 37.2 Å². The molecule has 6 nitrogen and oxygen atoms in total. The molecule has 1 atom stereocenters. The highest BCUT2D eigenvalue weighted by atomic mass is 32.1. The number of ether oxygens (including phenoxy) is 1. The van der Waals surface area contributed by atoms with Crippen molar-refractivity contribution in [2.24, 2.45) is 0 Å². The summed E-state index contributed by atoms with van der Waals surface area (Å²) >= 11 is 1.31. The van der Waals surface area contributed by atoms with Crippen LogP contribution in [-0.2, 0) is 9.53 Å². The Balaban J connectivity index is 2.34. The predicted octanol–water partition coefficient (Wildman–Crippen LogP) is 0.288. The van der Waals surface area contributed by atoms with E-state index in [1.807, 2.05) is 0 Å². The van der Waals surface area contributed by atoms with Gasteiger partial charge in [0, 0.05) is 13.7 Å². The van der Waals surface area contributed by atoms with Crippen LogP contribution in [0.25, 0.3) is 0 Å². The molecular formula is C9H16N4O2S. The molecule has 0 bridgehead atoms. The molecule has 0 radical (unpaired) electrons. The number of rotatable bonds is 6. The fourth-order valence-corrected chi connectivity index (χ4v) is 1.70. The van der Waals surface area contributed by atoms with Gasteiger partial charge in [0.25, 0.3) is 0 Å². The van der Waals surface area contributed by atoms with Gasteiger partial charge in [-0.2, -0.15) is 0 Å². The maximum Gasteiger partial charge on any atom is 0.242 e. The van der Waals surface area contributed by atoms with E-state index in [-0.39, 0.29) is 11.9 Å². The van der Waals surface area contributed by atoms with Crippen molar-refractivity contribution in [1.82, 2.24) is 10.3 Å². The molecule has 1 aromatic heterocycles. The van der Waals surface area contributed by atoms with Crippen LogP contribution in [0.5, 0.6) is 0 Å². The number of amides is 1. The summed E-state index contributed by atoms with van der Waals surface area (Å²) in [6.45, 7) is 2.77. The Morgan fingerprint density at radius 3 is 3.06 bits per heavy atom. The van der Waals surface area contributed by atoms with E-state index in [9.17, 15) is 4.79 Å². The van der Waals surface area contributed by atoms with E-state index in [0.29, 0.717) is 23.3 Å². The standard InChI is InChI=1S/C9H16N4O2S/c1-6(8(14)11-3-4-15-2)13-9-12-5-7(10)16-9/h5-6H,3-4,10H2,1-2H3,(H,11,14)(H,12,13). The van der Waals surface area contributed by atoms with Crippen LogP contribution in [0.3, 0.4) is 0 Å². The number of aromatic nitrogens is 1. The summed E-state index contributed by atoms with van der Waals surface area (Å²) in [5, 5.41) is 6.96. The molecule has 1 aromatic rings. The van der Waals surface area contributed by atoms with Gasteiger partial charge in [0.05, 0.1) is 12.8 Å². The Hall–Kier alpha value is -1.34. The molecule has 90 valence electrons. The molecule has 1 unspecified atom stereocenters. The first-order chi connectivity index (χ1) is 7.63. The van der Waals surface area contributed by atoms with E-state index >= 15 is 0 Å². The SMILES string of the molecule is COCCNC(=O)C(C)Nc1ncc(N)s1. The number of nitrogens with zero attached hydrogens (tertiary/aromatic N) is 1. The van der Waals surface area contributed by atoms with Crippen molar-refractivity contribution >= 4 is 27.4 Å². The van der Waals surface area contributed by atoms with Crippen LogP contribution >= 0.6 is 11.3 Å². The fraction of sp³-hybridized carbons (Fsp3) is 0.556. The second-order valence-corrected chi connectivity index (χ2v) is 4.28. The van der Waals surface area contributed by atoms with Gasteiger partial charge in [0.1, 0.15) is 11.0 Å².